The van der Waals surface area contributed by atoms with E-state index in [-0.39, 0.29) is 0 Å². The Balaban J connectivity index is 2.97. The van der Waals surface area contributed by atoms with Crippen LogP contribution < -0.4 is 0 Å². The molecule has 9 heteroatoms. The van der Waals surface area contributed by atoms with Crippen molar-refractivity contribution in [3.63, 3.8) is 0 Å². The van der Waals surface area contributed by atoms with Gasteiger partial charge in [-0.15, -0.1) is 11.6 Å². The fraction of sp³-hybridized carbons (Fsp3) is 1.00. The van der Waals surface area contributed by atoms with Gasteiger partial charge in [0.1, 0.15) is 0 Å². The van der Waals surface area contributed by atoms with Crippen LogP contribution in [0.1, 0.15) is 25.7 Å². The molecule has 0 unspecified atom stereocenters. The first kappa shape index (κ1) is 24.4. The van der Waals surface area contributed by atoms with E-state index in [2.05, 4.69) is 10.0 Å². The number of hydrogen-bond donors (Lipinski definition) is 0. The standard InChI is InChI=1S/C16H32ClN3O5/c17-5-3-1-2-4-7-21-9-11-23-13-15-25-16-14-24-12-10-22-8-6-19-20-18/h1-16H2. The Morgan fingerprint density at radius 1 is 0.600 bits per heavy atom. The Hall–Kier alpha value is -0.600. The summed E-state index contributed by atoms with van der Waals surface area (Å²) in [5.41, 5.74) is 8.07. The average Bonchev–Trinajstić information content (AvgIpc) is 2.63. The van der Waals surface area contributed by atoms with E-state index in [1.165, 1.54) is 12.8 Å². The first-order chi connectivity index (χ1) is 12.4. The number of alkyl halides is 1. The van der Waals surface area contributed by atoms with Crippen molar-refractivity contribution in [2.24, 2.45) is 5.11 Å². The average molecular weight is 382 g/mol. The van der Waals surface area contributed by atoms with E-state index in [9.17, 15) is 0 Å². The van der Waals surface area contributed by atoms with Crippen molar-refractivity contribution in [1.29, 1.82) is 0 Å². The predicted octanol–water partition coefficient (Wildman–Crippen LogP) is 3.18. The zero-order valence-electron chi connectivity index (χ0n) is 15.1. The van der Waals surface area contributed by atoms with Crippen LogP contribution in [0.3, 0.4) is 0 Å². The van der Waals surface area contributed by atoms with Crippen molar-refractivity contribution in [3.05, 3.63) is 10.4 Å². The maximum atomic E-state index is 8.07. The summed E-state index contributed by atoms with van der Waals surface area (Å²) in [5, 5.41) is 3.36. The molecule has 0 atom stereocenters. The minimum Gasteiger partial charge on any atom is -0.379 e. The number of hydrogen-bond acceptors (Lipinski definition) is 6. The molecule has 25 heavy (non-hydrogen) atoms. The lowest BCUT2D eigenvalue weighted by Crippen LogP contribution is -2.13. The molecule has 0 rings (SSSR count). The number of unbranched alkanes of at least 4 members (excludes halogenated alkanes) is 3. The topological polar surface area (TPSA) is 94.9 Å². The molecule has 0 spiro atoms. The molecule has 0 bridgehead atoms. The van der Waals surface area contributed by atoms with E-state index < -0.39 is 0 Å². The number of rotatable bonds is 21. The highest BCUT2D eigenvalue weighted by molar-refractivity contribution is 6.17. The molecule has 0 saturated heterocycles. The van der Waals surface area contributed by atoms with Crippen LogP contribution in [0.15, 0.2) is 5.11 Å². The Bertz CT molecular complexity index is 307. The van der Waals surface area contributed by atoms with Crippen LogP contribution >= 0.6 is 11.6 Å². The van der Waals surface area contributed by atoms with E-state index >= 15 is 0 Å². The number of nitrogens with zero attached hydrogens (tertiary/aromatic N) is 3. The van der Waals surface area contributed by atoms with Crippen LogP contribution in [0, 0.1) is 0 Å². The summed E-state index contributed by atoms with van der Waals surface area (Å²) in [4.78, 5) is 2.63. The second-order valence-corrected chi connectivity index (χ2v) is 5.50. The summed E-state index contributed by atoms with van der Waals surface area (Å²) in [6.07, 6.45) is 4.52. The number of ether oxygens (including phenoxy) is 5. The van der Waals surface area contributed by atoms with Gasteiger partial charge in [0.25, 0.3) is 0 Å². The van der Waals surface area contributed by atoms with Crippen molar-refractivity contribution >= 4 is 11.6 Å². The zero-order chi connectivity index (χ0) is 18.3. The largest absolute Gasteiger partial charge is 0.379 e. The van der Waals surface area contributed by atoms with Gasteiger partial charge in [0.2, 0.25) is 0 Å². The molecule has 0 amide bonds. The molecule has 0 aliphatic heterocycles. The molecule has 148 valence electrons. The smallest absolute Gasteiger partial charge is 0.0701 e. The van der Waals surface area contributed by atoms with Gasteiger partial charge in [0, 0.05) is 23.9 Å². The first-order valence-electron chi connectivity index (χ1n) is 8.87. The van der Waals surface area contributed by atoms with Gasteiger partial charge in [0.05, 0.1) is 59.5 Å². The monoisotopic (exact) mass is 381 g/mol. The van der Waals surface area contributed by atoms with Crippen molar-refractivity contribution in [3.8, 4) is 0 Å². The SMILES string of the molecule is [N-]=[N+]=NCCOCCOCCOCCOCCOCCCCCCCl. The molecule has 0 fully saturated rings. The minimum absolute atomic E-state index is 0.346. The number of azide groups is 1. The van der Waals surface area contributed by atoms with Gasteiger partial charge in [-0.25, -0.2) is 0 Å². The minimum atomic E-state index is 0.346. The Morgan fingerprint density at radius 2 is 1.04 bits per heavy atom. The first-order valence-corrected chi connectivity index (χ1v) is 9.40. The molecule has 0 aliphatic carbocycles. The summed E-state index contributed by atoms with van der Waals surface area (Å²) in [5.74, 6) is 0.747. The molecular formula is C16H32ClN3O5. The van der Waals surface area contributed by atoms with Crippen LogP contribution in [-0.4, -0.2) is 78.5 Å². The van der Waals surface area contributed by atoms with E-state index in [1.807, 2.05) is 0 Å². The lowest BCUT2D eigenvalue weighted by Gasteiger charge is -2.07. The third-order valence-corrected chi connectivity index (χ3v) is 3.33. The van der Waals surface area contributed by atoms with Crippen molar-refractivity contribution in [1.82, 2.24) is 0 Å². The molecule has 0 aliphatic rings. The fourth-order valence-electron chi connectivity index (χ4n) is 1.78. The lowest BCUT2D eigenvalue weighted by atomic mass is 10.2. The molecule has 0 radical (unpaired) electrons. The highest BCUT2D eigenvalue weighted by Crippen LogP contribution is 2.01. The van der Waals surface area contributed by atoms with Crippen LogP contribution in [0.5, 0.6) is 0 Å². The van der Waals surface area contributed by atoms with E-state index in [0.29, 0.717) is 66.0 Å². The van der Waals surface area contributed by atoms with Crippen molar-refractivity contribution in [2.75, 3.05) is 78.5 Å². The van der Waals surface area contributed by atoms with Crippen LogP contribution in [-0.2, 0) is 23.7 Å². The Kier molecular flexibility index (Phi) is 22.8. The van der Waals surface area contributed by atoms with Gasteiger partial charge in [-0.1, -0.05) is 18.0 Å². The van der Waals surface area contributed by atoms with Gasteiger partial charge in [-0.3, -0.25) is 0 Å². The Labute approximate surface area is 155 Å². The van der Waals surface area contributed by atoms with Crippen molar-refractivity contribution in [2.45, 2.75) is 25.7 Å². The molecular weight excluding hydrogens is 350 g/mol. The summed E-state index contributed by atoms with van der Waals surface area (Å²) in [6.45, 7) is 5.90. The molecule has 0 aromatic heterocycles. The summed E-state index contributed by atoms with van der Waals surface area (Å²) >= 11 is 5.61. The third-order valence-electron chi connectivity index (χ3n) is 3.06. The lowest BCUT2D eigenvalue weighted by molar-refractivity contribution is -0.0107. The van der Waals surface area contributed by atoms with E-state index in [1.54, 1.807) is 0 Å². The quantitative estimate of drug-likeness (QED) is 0.1000. The molecule has 0 saturated carbocycles. The van der Waals surface area contributed by atoms with Crippen LogP contribution in [0.2, 0.25) is 0 Å². The second-order valence-electron chi connectivity index (χ2n) is 5.12. The number of halogens is 1. The van der Waals surface area contributed by atoms with E-state index in [4.69, 9.17) is 40.8 Å². The maximum absolute atomic E-state index is 8.07. The molecule has 8 nitrogen and oxygen atoms in total. The van der Waals surface area contributed by atoms with Crippen LogP contribution in [0.25, 0.3) is 10.4 Å². The normalized spacial score (nSPS) is 10.8. The molecule has 0 N–H and O–H groups in total. The summed E-state index contributed by atoms with van der Waals surface area (Å²) in [6, 6.07) is 0. The van der Waals surface area contributed by atoms with Gasteiger partial charge in [-0.05, 0) is 18.4 Å². The second kappa shape index (κ2) is 23.4. The summed E-state index contributed by atoms with van der Waals surface area (Å²) in [7, 11) is 0. The highest BCUT2D eigenvalue weighted by atomic mass is 35.5. The molecule has 0 aromatic carbocycles. The fourth-order valence-corrected chi connectivity index (χ4v) is 1.97. The predicted molar refractivity (Wildman–Crippen MR) is 97.3 cm³/mol. The zero-order valence-corrected chi connectivity index (χ0v) is 15.8. The van der Waals surface area contributed by atoms with E-state index in [0.717, 1.165) is 25.3 Å². The van der Waals surface area contributed by atoms with Gasteiger partial charge < -0.3 is 23.7 Å². The van der Waals surface area contributed by atoms with Gasteiger partial charge in [-0.2, -0.15) is 0 Å². The highest BCUT2D eigenvalue weighted by Gasteiger charge is 1.94. The van der Waals surface area contributed by atoms with Gasteiger partial charge >= 0.3 is 0 Å². The molecule has 0 heterocycles. The molecule has 0 aromatic rings. The van der Waals surface area contributed by atoms with Crippen molar-refractivity contribution < 1.29 is 23.7 Å². The van der Waals surface area contributed by atoms with Crippen LogP contribution in [0.4, 0.5) is 0 Å². The third kappa shape index (κ3) is 23.4. The Morgan fingerprint density at radius 3 is 1.52 bits per heavy atom. The van der Waals surface area contributed by atoms with Gasteiger partial charge in [0.15, 0.2) is 0 Å². The summed E-state index contributed by atoms with van der Waals surface area (Å²) < 4.78 is 26.8. The maximum Gasteiger partial charge on any atom is 0.0701 e.